The van der Waals surface area contributed by atoms with Crippen molar-refractivity contribution in [2.75, 3.05) is 0 Å². The normalized spacial score (nSPS) is 0. The molecule has 7 heteroatoms. The van der Waals surface area contributed by atoms with Gasteiger partial charge in [-0.25, -0.2) is 0 Å². The fourth-order valence-corrected chi connectivity index (χ4v) is 0. The molecule has 0 heterocycles. The molecule has 7 heavy (non-hydrogen) atoms. The van der Waals surface area contributed by atoms with Crippen LogP contribution < -0.4 is 144 Å². The van der Waals surface area contributed by atoms with Gasteiger partial charge in [-0.05, 0) is 0 Å². The van der Waals surface area contributed by atoms with E-state index in [1.54, 1.807) is 0 Å². The Morgan fingerprint density at radius 1 is 0.286 bits per heavy atom. The molecule has 0 aliphatic carbocycles. The van der Waals surface area contributed by atoms with Crippen LogP contribution in [0, 0.1) is 0 Å². The maximum atomic E-state index is 0. The number of rotatable bonds is 0. The Labute approximate surface area is 161 Å². The Morgan fingerprint density at radius 3 is 0.286 bits per heavy atom. The summed E-state index contributed by atoms with van der Waals surface area (Å²) in [6, 6.07) is 0. The average molecular weight is 945 g/mol. The summed E-state index contributed by atoms with van der Waals surface area (Å²) in [6.45, 7) is 0. The Bertz CT molecular complexity index is 4.14. The van der Waals surface area contributed by atoms with E-state index in [0.717, 1.165) is 0 Å². The van der Waals surface area contributed by atoms with Gasteiger partial charge >= 0.3 is 0 Å². The van der Waals surface area contributed by atoms with Crippen LogP contribution in [0.2, 0.25) is 0 Å². The van der Waals surface area contributed by atoms with Crippen LogP contribution in [0.5, 0.6) is 0 Å². The van der Waals surface area contributed by atoms with E-state index in [1.165, 1.54) is 0 Å². The van der Waals surface area contributed by atoms with E-state index in [0.29, 0.717) is 0 Å². The molecule has 0 radical (unpaired) electrons. The minimum absolute atomic E-state index is 0. The van der Waals surface area contributed by atoms with E-state index in [1.807, 2.05) is 0 Å². The molecule has 0 aromatic rings. The van der Waals surface area contributed by atoms with Gasteiger partial charge < -0.3 is 144 Å². The molecule has 0 aromatic heterocycles. The van der Waals surface area contributed by atoms with Crippen molar-refractivity contribution in [2.45, 2.75) is 0 Å². The zero-order valence-electron chi connectivity index (χ0n) is 2.68. The van der Waals surface area contributed by atoms with E-state index in [-0.39, 0.29) is 165 Å². The summed E-state index contributed by atoms with van der Waals surface area (Å²) in [5.74, 6) is 0. The van der Waals surface area contributed by atoms with Crippen LogP contribution in [0.4, 0.5) is 0 Å². The third kappa shape index (κ3) is 35.4. The molecule has 54 valence electrons. The molecule has 0 rings (SSSR count). The van der Waals surface area contributed by atoms with Crippen LogP contribution in [0.15, 0.2) is 0 Å². The van der Waals surface area contributed by atoms with Gasteiger partial charge in [-0.3, -0.25) is 0 Å². The summed E-state index contributed by atoms with van der Waals surface area (Å²) in [4.78, 5) is 0. The first-order valence-electron chi connectivity index (χ1n) is 0. The Hall–Kier alpha value is 5.07. The van der Waals surface area contributed by atoms with Crippen molar-refractivity contribution >= 4 is 0 Å². The smallest absolute Gasteiger partial charge is 0 e. The van der Waals surface area contributed by atoms with Gasteiger partial charge in [-0.2, -0.15) is 0 Å². The van der Waals surface area contributed by atoms with Gasteiger partial charge in [0.05, 0.1) is 0 Å². The first-order valence-corrected chi connectivity index (χ1v) is 0. The van der Waals surface area contributed by atoms with Crippen molar-refractivity contribution in [1.82, 2.24) is 0 Å². The Balaban J connectivity index is 0. The molecule has 0 aliphatic rings. The third-order valence-electron chi connectivity index (χ3n) is 0. The topological polar surface area (TPSA) is 0 Å². The molecule has 0 nitrogen and oxygen atoms in total. The molecule has 0 aliphatic heterocycles. The molecule has 0 spiro atoms. The second-order valence-electron chi connectivity index (χ2n) is 0. The van der Waals surface area contributed by atoms with Gasteiger partial charge in [0.25, 0.3) is 0 Å². The van der Waals surface area contributed by atoms with Crippen LogP contribution in [0.25, 0.3) is 0 Å². The van der Waals surface area contributed by atoms with E-state index in [4.69, 9.17) is 0 Å². The molecular weight excluding hydrogens is 945 g/mol. The van der Waals surface area contributed by atoms with Gasteiger partial charge in [-0.1, -0.05) is 0 Å². The van der Waals surface area contributed by atoms with Crippen molar-refractivity contribution in [3.63, 3.8) is 0 Å². The van der Waals surface area contributed by atoms with Crippen molar-refractivity contribution in [2.24, 2.45) is 0 Å². The Kier molecular flexibility index (Phi) is 359. The van der Waals surface area contributed by atoms with Gasteiger partial charge in [0, 0.05) is 21.1 Å². The molecule has 0 saturated heterocycles. The number of hydrogen-bond acceptors (Lipinski definition) is 0. The van der Waals surface area contributed by atoms with Crippen LogP contribution >= 0.6 is 0 Å². The molecule has 0 N–H and O–H groups in total. The SMILES string of the molecule is [I-].[I-].[I-].[I-].[I-].[I-].[W]. The summed E-state index contributed by atoms with van der Waals surface area (Å²) >= 11 is 0. The van der Waals surface area contributed by atoms with Crippen molar-refractivity contribution in [3.8, 4) is 0 Å². The van der Waals surface area contributed by atoms with Crippen LogP contribution in [-0.4, -0.2) is 0 Å². The fourth-order valence-electron chi connectivity index (χ4n) is 0. The molecule has 0 aromatic carbocycles. The molecule has 0 saturated carbocycles. The number of halogens is 6. The van der Waals surface area contributed by atoms with Crippen molar-refractivity contribution < 1.29 is 165 Å². The largest absolute Gasteiger partial charge is 1.00 e. The summed E-state index contributed by atoms with van der Waals surface area (Å²) in [7, 11) is 0. The van der Waals surface area contributed by atoms with Crippen molar-refractivity contribution in [3.05, 3.63) is 0 Å². The average Bonchev–Trinajstić information content (AvgIpc) is 0. The van der Waals surface area contributed by atoms with Gasteiger partial charge in [0.15, 0.2) is 0 Å². The number of hydrogen-bond donors (Lipinski definition) is 0. The zero-order chi connectivity index (χ0) is 0. The summed E-state index contributed by atoms with van der Waals surface area (Å²) < 4.78 is 0. The second kappa shape index (κ2) is 43.7. The monoisotopic (exact) mass is 945 g/mol. The van der Waals surface area contributed by atoms with Crippen LogP contribution in [0.1, 0.15) is 0 Å². The predicted molar refractivity (Wildman–Crippen MR) is 0 cm³/mol. The van der Waals surface area contributed by atoms with E-state index < -0.39 is 0 Å². The molecule has 0 amide bonds. The molecule has 0 fully saturated rings. The Morgan fingerprint density at radius 2 is 0.286 bits per heavy atom. The maximum absolute atomic E-state index is 0. The first kappa shape index (κ1) is 57.6. The third-order valence-corrected chi connectivity index (χ3v) is 0. The molecule has 0 bridgehead atoms. The standard InChI is InChI=1S/6HI.W/h6*1H;/p-6. The van der Waals surface area contributed by atoms with Gasteiger partial charge in [0.1, 0.15) is 0 Å². The molecule has 0 unspecified atom stereocenters. The van der Waals surface area contributed by atoms with Gasteiger partial charge in [0.2, 0.25) is 0 Å². The van der Waals surface area contributed by atoms with Crippen LogP contribution in [0.3, 0.4) is 0 Å². The zero-order valence-corrected chi connectivity index (χ0v) is 18.6. The molecule has 0 atom stereocenters. The maximum Gasteiger partial charge on any atom is 0 e. The summed E-state index contributed by atoms with van der Waals surface area (Å²) in [6.07, 6.45) is 0. The summed E-state index contributed by atoms with van der Waals surface area (Å²) in [5.41, 5.74) is 0. The van der Waals surface area contributed by atoms with Crippen LogP contribution in [-0.2, 0) is 21.1 Å². The quantitative estimate of drug-likeness (QED) is 0.212. The first-order chi connectivity index (χ1) is 0. The van der Waals surface area contributed by atoms with E-state index in [9.17, 15) is 0 Å². The predicted octanol–water partition coefficient (Wildman–Crippen LogP) is -18.0. The van der Waals surface area contributed by atoms with E-state index in [2.05, 4.69) is 0 Å². The van der Waals surface area contributed by atoms with Gasteiger partial charge in [-0.15, -0.1) is 0 Å². The second-order valence-corrected chi connectivity index (χ2v) is 0. The fraction of sp³-hybridized carbons (Fsp3) is 0. The van der Waals surface area contributed by atoms with Crippen molar-refractivity contribution in [1.29, 1.82) is 0 Å². The minimum atomic E-state index is 0. The minimum Gasteiger partial charge on any atom is -1.00 e. The van der Waals surface area contributed by atoms with E-state index >= 15 is 0 Å². The summed E-state index contributed by atoms with van der Waals surface area (Å²) in [5, 5.41) is 0. The molecular formula is I6W-6.